The molecule has 2 amide bonds. The van der Waals surface area contributed by atoms with Crippen molar-refractivity contribution in [1.82, 2.24) is 29.9 Å². The van der Waals surface area contributed by atoms with E-state index < -0.39 is 22.1 Å². The maximum absolute atomic E-state index is 13.9. The summed E-state index contributed by atoms with van der Waals surface area (Å²) in [5.74, 6) is -0.245. The molecule has 14 heteroatoms. The normalized spacial score (nSPS) is 17.9. The number of carbonyl (C=O) groups excluding carboxylic acids is 2. The highest BCUT2D eigenvalue weighted by Crippen LogP contribution is 2.35. The van der Waals surface area contributed by atoms with Crippen molar-refractivity contribution in [3.8, 4) is 11.1 Å². The van der Waals surface area contributed by atoms with E-state index in [0.717, 1.165) is 32.5 Å². The average molecular weight is 614 g/mol. The topological polar surface area (TPSA) is 137 Å². The van der Waals surface area contributed by atoms with Gasteiger partial charge < -0.3 is 15.5 Å². The third-order valence-electron chi connectivity index (χ3n) is 6.95. The van der Waals surface area contributed by atoms with Crippen LogP contribution in [0.15, 0.2) is 65.4 Å². The summed E-state index contributed by atoms with van der Waals surface area (Å²) in [5.41, 5.74) is 1.66. The molecule has 214 valence electrons. The van der Waals surface area contributed by atoms with Crippen LogP contribution in [0.3, 0.4) is 0 Å². The van der Waals surface area contributed by atoms with Gasteiger partial charge in [0, 0.05) is 80.1 Å². The second-order valence-corrected chi connectivity index (χ2v) is 13.2. The molecule has 3 aromatic heterocycles. The summed E-state index contributed by atoms with van der Waals surface area (Å²) in [7, 11) is -0.920. The van der Waals surface area contributed by atoms with Gasteiger partial charge in [-0.3, -0.25) is 14.6 Å². The molecule has 11 nitrogen and oxygen atoms in total. The van der Waals surface area contributed by atoms with E-state index in [0.29, 0.717) is 11.0 Å². The maximum Gasteiger partial charge on any atom is 0.252 e. The number of sulfonamides is 1. The van der Waals surface area contributed by atoms with Crippen LogP contribution < -0.4 is 15.5 Å². The van der Waals surface area contributed by atoms with Gasteiger partial charge in [-0.15, -0.1) is 11.3 Å². The van der Waals surface area contributed by atoms with Gasteiger partial charge in [0.2, 0.25) is 17.8 Å². The highest BCUT2D eigenvalue weighted by atomic mass is 35.5. The number of anilines is 1. The third kappa shape index (κ3) is 6.17. The van der Waals surface area contributed by atoms with Crippen molar-refractivity contribution in [2.45, 2.75) is 29.1 Å². The van der Waals surface area contributed by atoms with Crippen molar-refractivity contribution in [1.29, 1.82) is 0 Å². The minimum Gasteiger partial charge on any atom is -0.359 e. The molecule has 0 radical (unpaired) electrons. The van der Waals surface area contributed by atoms with Gasteiger partial charge in [-0.25, -0.2) is 18.4 Å². The first-order valence-electron chi connectivity index (χ1n) is 12.8. The monoisotopic (exact) mass is 613 g/mol. The van der Waals surface area contributed by atoms with E-state index in [1.807, 2.05) is 12.1 Å². The lowest BCUT2D eigenvalue weighted by Crippen LogP contribution is -2.62. The Balaban J connectivity index is 1.52. The molecular formula is C27H28ClN7O4S2. The number of halogens is 1. The zero-order valence-corrected chi connectivity index (χ0v) is 24.7. The Hall–Kier alpha value is -3.65. The molecular weight excluding hydrogens is 586 g/mol. The minimum absolute atomic E-state index is 0.00443. The van der Waals surface area contributed by atoms with E-state index in [2.05, 4.69) is 25.6 Å². The van der Waals surface area contributed by atoms with Crippen molar-refractivity contribution >= 4 is 60.8 Å². The van der Waals surface area contributed by atoms with Crippen LogP contribution in [0.5, 0.6) is 0 Å². The van der Waals surface area contributed by atoms with Gasteiger partial charge in [0.05, 0.1) is 12.1 Å². The van der Waals surface area contributed by atoms with Crippen molar-refractivity contribution in [2.75, 3.05) is 32.1 Å². The summed E-state index contributed by atoms with van der Waals surface area (Å²) in [6.07, 6.45) is 6.63. The van der Waals surface area contributed by atoms with E-state index in [-0.39, 0.29) is 42.0 Å². The van der Waals surface area contributed by atoms with Crippen LogP contribution in [0.25, 0.3) is 21.2 Å². The lowest BCUT2D eigenvalue weighted by atomic mass is 10.0. The molecule has 41 heavy (non-hydrogen) atoms. The number of amides is 2. The van der Waals surface area contributed by atoms with E-state index in [4.69, 9.17) is 11.6 Å². The number of rotatable bonds is 8. The first-order valence-corrected chi connectivity index (χ1v) is 15.4. The second kappa shape index (κ2) is 12.1. The van der Waals surface area contributed by atoms with Gasteiger partial charge in [-0.2, -0.15) is 4.31 Å². The number of thiophene rings is 1. The van der Waals surface area contributed by atoms with Gasteiger partial charge in [-0.1, -0.05) is 17.7 Å². The van der Waals surface area contributed by atoms with E-state index in [9.17, 15) is 18.0 Å². The molecule has 1 aliphatic heterocycles. The minimum atomic E-state index is -3.96. The largest absolute Gasteiger partial charge is 0.359 e. The quantitative estimate of drug-likeness (QED) is 0.309. The van der Waals surface area contributed by atoms with E-state index in [1.54, 1.807) is 54.0 Å². The van der Waals surface area contributed by atoms with Crippen LogP contribution >= 0.6 is 22.9 Å². The summed E-state index contributed by atoms with van der Waals surface area (Å²) < 4.78 is 30.1. The van der Waals surface area contributed by atoms with Gasteiger partial charge in [0.25, 0.3) is 10.0 Å². The molecule has 1 fully saturated rings. The van der Waals surface area contributed by atoms with Crippen molar-refractivity contribution in [3.05, 3.63) is 66.2 Å². The molecule has 0 bridgehead atoms. The zero-order valence-electron chi connectivity index (χ0n) is 22.3. The predicted molar refractivity (Wildman–Crippen MR) is 158 cm³/mol. The molecule has 4 heterocycles. The number of piperazine rings is 1. The maximum atomic E-state index is 13.9. The smallest absolute Gasteiger partial charge is 0.252 e. The lowest BCUT2D eigenvalue weighted by Gasteiger charge is -2.45. The fourth-order valence-corrected chi connectivity index (χ4v) is 8.23. The number of pyridine rings is 1. The lowest BCUT2D eigenvalue weighted by molar-refractivity contribution is -0.121. The summed E-state index contributed by atoms with van der Waals surface area (Å²) in [4.78, 5) is 40.2. The Morgan fingerprint density at radius 1 is 0.951 bits per heavy atom. The fourth-order valence-electron chi connectivity index (χ4n) is 4.88. The van der Waals surface area contributed by atoms with E-state index in [1.165, 1.54) is 18.4 Å². The Morgan fingerprint density at radius 3 is 2.15 bits per heavy atom. The third-order valence-corrected chi connectivity index (χ3v) is 10.6. The summed E-state index contributed by atoms with van der Waals surface area (Å²) in [5, 5.41) is 6.52. The summed E-state index contributed by atoms with van der Waals surface area (Å²) >= 11 is 7.26. The molecule has 2 unspecified atom stereocenters. The highest BCUT2D eigenvalue weighted by Gasteiger charge is 2.42. The Labute approximate surface area is 246 Å². The number of fused-ring (bicyclic) bond motifs is 1. The first-order chi connectivity index (χ1) is 19.7. The van der Waals surface area contributed by atoms with Gasteiger partial charge in [0.15, 0.2) is 0 Å². The number of carbonyl (C=O) groups is 2. The number of benzene rings is 1. The Morgan fingerprint density at radius 2 is 1.56 bits per heavy atom. The SMILES string of the molecule is CNC(=O)CC1CN(S(=O)(=O)c2cc3ccc(Cl)cc3s2)CC(CC(=O)NC)N1c1ncc(-c2ccncc2)cn1. The predicted octanol–water partition coefficient (Wildman–Crippen LogP) is 2.93. The Kier molecular flexibility index (Phi) is 8.50. The van der Waals surface area contributed by atoms with Gasteiger partial charge >= 0.3 is 0 Å². The highest BCUT2D eigenvalue weighted by molar-refractivity contribution is 7.91. The zero-order chi connectivity index (χ0) is 29.1. The van der Waals surface area contributed by atoms with Crippen LogP contribution in [0.2, 0.25) is 5.02 Å². The Bertz CT molecular complexity index is 1640. The summed E-state index contributed by atoms with van der Waals surface area (Å²) in [6, 6.07) is 9.26. The number of nitrogens with zero attached hydrogens (tertiary/aromatic N) is 5. The molecule has 1 aromatic carbocycles. The molecule has 1 saturated heterocycles. The molecule has 0 aliphatic carbocycles. The number of aromatic nitrogens is 3. The average Bonchev–Trinajstić information content (AvgIpc) is 3.41. The van der Waals surface area contributed by atoms with Crippen molar-refractivity contribution in [2.24, 2.45) is 0 Å². The number of hydrogen-bond acceptors (Lipinski definition) is 9. The van der Waals surface area contributed by atoms with Gasteiger partial charge in [-0.05, 0) is 41.3 Å². The van der Waals surface area contributed by atoms with Crippen LogP contribution in [0, 0.1) is 0 Å². The van der Waals surface area contributed by atoms with Crippen molar-refractivity contribution < 1.29 is 18.0 Å². The summed E-state index contributed by atoms with van der Waals surface area (Å²) in [6.45, 7) is 0.00886. The molecule has 2 N–H and O–H groups in total. The fraction of sp³-hybridized carbons (Fsp3) is 0.296. The van der Waals surface area contributed by atoms with Crippen LogP contribution in [-0.4, -0.2) is 78.8 Å². The van der Waals surface area contributed by atoms with Gasteiger partial charge in [0.1, 0.15) is 4.21 Å². The molecule has 5 rings (SSSR count). The molecule has 4 aromatic rings. The first kappa shape index (κ1) is 28.9. The molecule has 2 atom stereocenters. The van der Waals surface area contributed by atoms with Crippen LogP contribution in [0.1, 0.15) is 12.8 Å². The number of nitrogens with one attached hydrogen (secondary N) is 2. The molecule has 1 aliphatic rings. The van der Waals surface area contributed by atoms with E-state index >= 15 is 0 Å². The van der Waals surface area contributed by atoms with Crippen molar-refractivity contribution in [3.63, 3.8) is 0 Å². The van der Waals surface area contributed by atoms with Crippen LogP contribution in [-0.2, 0) is 19.6 Å². The standard InChI is InChI=1S/C27H28ClN7O4S2/c1-29-24(36)11-21-15-34(41(38,39)26-9-18-3-4-20(28)10-23(18)40-26)16-22(12-25(37)30-2)35(21)27-32-13-19(14-33-27)17-5-7-31-8-6-17/h3-10,13-14,21-22H,11-12,15-16H2,1-2H3,(H,29,36)(H,30,37). The number of hydrogen-bond donors (Lipinski definition) is 2. The second-order valence-electron chi connectivity index (χ2n) is 9.55. The molecule has 0 spiro atoms. The van der Waals surface area contributed by atoms with Crippen LogP contribution in [0.4, 0.5) is 5.95 Å². The molecule has 0 saturated carbocycles.